The van der Waals surface area contributed by atoms with Crippen LogP contribution in [0.2, 0.25) is 0 Å². The standard InChI is InChI=1S/C34H36O6/c35-21-30-31(36-22-26-13-5-1-6-14-26)32(37-23-27-15-7-2-8-16-27)33(38-24-28-17-9-3-10-18-28)34(40-30)39-25-29-19-11-4-12-20-29/h1-20,30-35H,21-25H2/t30-,31-,32+,33+,34+/m1/s1. The topological polar surface area (TPSA) is 66.4 Å². The zero-order valence-corrected chi connectivity index (χ0v) is 22.5. The highest BCUT2D eigenvalue weighted by atomic mass is 16.7. The molecule has 0 radical (unpaired) electrons. The Morgan fingerprint density at radius 2 is 0.800 bits per heavy atom. The predicted octanol–water partition coefficient (Wildman–Crippen LogP) is 5.68. The Balaban J connectivity index is 1.41. The number of hydrogen-bond acceptors (Lipinski definition) is 6. The van der Waals surface area contributed by atoms with E-state index in [1.165, 1.54) is 0 Å². The molecule has 4 aromatic carbocycles. The van der Waals surface area contributed by atoms with E-state index in [2.05, 4.69) is 0 Å². The van der Waals surface area contributed by atoms with Crippen LogP contribution in [0.1, 0.15) is 22.3 Å². The molecule has 5 atom stereocenters. The molecule has 6 nitrogen and oxygen atoms in total. The van der Waals surface area contributed by atoms with E-state index in [1.807, 2.05) is 121 Å². The van der Waals surface area contributed by atoms with Crippen molar-refractivity contribution in [3.63, 3.8) is 0 Å². The minimum Gasteiger partial charge on any atom is -0.394 e. The van der Waals surface area contributed by atoms with E-state index in [0.717, 1.165) is 22.3 Å². The number of hydrogen-bond donors (Lipinski definition) is 1. The third-order valence-corrected chi connectivity index (χ3v) is 6.88. The van der Waals surface area contributed by atoms with Gasteiger partial charge in [-0.25, -0.2) is 0 Å². The molecular formula is C34H36O6. The highest BCUT2D eigenvalue weighted by Crippen LogP contribution is 2.31. The van der Waals surface area contributed by atoms with Gasteiger partial charge in [-0.1, -0.05) is 121 Å². The Labute approximate surface area is 236 Å². The van der Waals surface area contributed by atoms with Crippen LogP contribution in [0.25, 0.3) is 0 Å². The van der Waals surface area contributed by atoms with Crippen LogP contribution in [0.4, 0.5) is 0 Å². The summed E-state index contributed by atoms with van der Waals surface area (Å²) < 4.78 is 32.1. The third-order valence-electron chi connectivity index (χ3n) is 6.88. The normalized spacial score (nSPS) is 22.7. The van der Waals surface area contributed by atoms with Gasteiger partial charge in [0.1, 0.15) is 24.4 Å². The van der Waals surface area contributed by atoms with E-state index in [0.29, 0.717) is 26.4 Å². The van der Waals surface area contributed by atoms with Crippen molar-refractivity contribution in [3.8, 4) is 0 Å². The summed E-state index contributed by atoms with van der Waals surface area (Å²) in [6.07, 6.45) is -3.22. The largest absolute Gasteiger partial charge is 0.394 e. The predicted molar refractivity (Wildman–Crippen MR) is 152 cm³/mol. The van der Waals surface area contributed by atoms with Crippen molar-refractivity contribution < 1.29 is 28.8 Å². The highest BCUT2D eigenvalue weighted by molar-refractivity contribution is 5.16. The summed E-state index contributed by atoms with van der Waals surface area (Å²) in [5.41, 5.74) is 4.08. The molecule has 1 N–H and O–H groups in total. The molecule has 1 heterocycles. The van der Waals surface area contributed by atoms with E-state index in [9.17, 15) is 5.11 Å². The van der Waals surface area contributed by atoms with Crippen LogP contribution < -0.4 is 0 Å². The molecule has 1 aliphatic rings. The summed E-state index contributed by atoms with van der Waals surface area (Å²) in [5, 5.41) is 10.4. The molecule has 0 bridgehead atoms. The molecule has 0 amide bonds. The van der Waals surface area contributed by atoms with Gasteiger partial charge in [0.15, 0.2) is 6.29 Å². The van der Waals surface area contributed by atoms with E-state index in [1.54, 1.807) is 0 Å². The number of aliphatic hydroxyl groups is 1. The van der Waals surface area contributed by atoms with Crippen molar-refractivity contribution in [2.45, 2.75) is 57.1 Å². The fourth-order valence-corrected chi connectivity index (χ4v) is 4.78. The number of rotatable bonds is 13. The van der Waals surface area contributed by atoms with Crippen molar-refractivity contribution in [1.29, 1.82) is 0 Å². The lowest BCUT2D eigenvalue weighted by Crippen LogP contribution is -2.61. The van der Waals surface area contributed by atoms with Crippen molar-refractivity contribution in [2.75, 3.05) is 6.61 Å². The smallest absolute Gasteiger partial charge is 0.187 e. The van der Waals surface area contributed by atoms with Gasteiger partial charge in [0.2, 0.25) is 0 Å². The fourth-order valence-electron chi connectivity index (χ4n) is 4.78. The second-order valence-electron chi connectivity index (χ2n) is 9.81. The van der Waals surface area contributed by atoms with E-state index < -0.39 is 30.7 Å². The molecule has 40 heavy (non-hydrogen) atoms. The molecule has 1 saturated heterocycles. The summed E-state index contributed by atoms with van der Waals surface area (Å²) >= 11 is 0. The van der Waals surface area contributed by atoms with Crippen LogP contribution in [0, 0.1) is 0 Å². The number of aliphatic hydroxyl groups excluding tert-OH is 1. The summed E-state index contributed by atoms with van der Waals surface area (Å²) in [5.74, 6) is 0. The van der Waals surface area contributed by atoms with Crippen molar-refractivity contribution >= 4 is 0 Å². The van der Waals surface area contributed by atoms with Crippen LogP contribution in [-0.4, -0.2) is 42.4 Å². The average molecular weight is 541 g/mol. The van der Waals surface area contributed by atoms with Gasteiger partial charge in [0.25, 0.3) is 0 Å². The quantitative estimate of drug-likeness (QED) is 0.236. The molecule has 1 fully saturated rings. The van der Waals surface area contributed by atoms with Gasteiger partial charge < -0.3 is 28.8 Å². The molecule has 0 aromatic heterocycles. The number of ether oxygens (including phenoxy) is 5. The Hall–Kier alpha value is -3.36. The molecule has 208 valence electrons. The van der Waals surface area contributed by atoms with Crippen molar-refractivity contribution in [1.82, 2.24) is 0 Å². The summed E-state index contributed by atoms with van der Waals surface area (Å²) in [4.78, 5) is 0. The van der Waals surface area contributed by atoms with E-state index in [4.69, 9.17) is 23.7 Å². The second-order valence-corrected chi connectivity index (χ2v) is 9.81. The first-order valence-corrected chi connectivity index (χ1v) is 13.7. The summed E-state index contributed by atoms with van der Waals surface area (Å²) in [6, 6.07) is 39.8. The van der Waals surface area contributed by atoms with Crippen molar-refractivity contribution in [2.24, 2.45) is 0 Å². The lowest BCUT2D eigenvalue weighted by atomic mass is 9.97. The highest BCUT2D eigenvalue weighted by Gasteiger charge is 2.48. The minimum absolute atomic E-state index is 0.249. The average Bonchev–Trinajstić information content (AvgIpc) is 3.03. The van der Waals surface area contributed by atoms with E-state index in [-0.39, 0.29) is 6.61 Å². The van der Waals surface area contributed by atoms with E-state index >= 15 is 0 Å². The Morgan fingerprint density at radius 3 is 1.20 bits per heavy atom. The van der Waals surface area contributed by atoms with Gasteiger partial charge in [0, 0.05) is 0 Å². The van der Waals surface area contributed by atoms with Gasteiger partial charge in [-0.2, -0.15) is 0 Å². The van der Waals surface area contributed by atoms with Crippen LogP contribution in [0.5, 0.6) is 0 Å². The lowest BCUT2D eigenvalue weighted by Gasteiger charge is -2.45. The molecule has 0 spiro atoms. The Bertz CT molecular complexity index is 1240. The zero-order valence-electron chi connectivity index (χ0n) is 22.5. The zero-order chi connectivity index (χ0) is 27.4. The maximum atomic E-state index is 10.4. The molecule has 0 unspecified atom stereocenters. The molecule has 4 aromatic rings. The summed E-state index contributed by atoms with van der Waals surface area (Å²) in [7, 11) is 0. The lowest BCUT2D eigenvalue weighted by molar-refractivity contribution is -0.329. The molecular weight excluding hydrogens is 504 g/mol. The molecule has 1 aliphatic heterocycles. The molecule has 5 rings (SSSR count). The maximum Gasteiger partial charge on any atom is 0.187 e. The SMILES string of the molecule is OC[C@H]1O[C@H](OCc2ccccc2)[C@@H](OCc2ccccc2)[C@@H](OCc2ccccc2)[C@@H]1OCc1ccccc1. The Kier molecular flexibility index (Phi) is 10.5. The fraction of sp³-hybridized carbons (Fsp3) is 0.294. The first kappa shape index (κ1) is 28.2. The minimum atomic E-state index is -0.779. The van der Waals surface area contributed by atoms with Crippen molar-refractivity contribution in [3.05, 3.63) is 144 Å². The van der Waals surface area contributed by atoms with Crippen LogP contribution in [0.3, 0.4) is 0 Å². The molecule has 0 aliphatic carbocycles. The third kappa shape index (κ3) is 7.86. The monoisotopic (exact) mass is 540 g/mol. The molecule has 0 saturated carbocycles. The molecule has 6 heteroatoms. The second kappa shape index (κ2) is 14.9. The maximum absolute atomic E-state index is 10.4. The first-order valence-electron chi connectivity index (χ1n) is 13.7. The van der Waals surface area contributed by atoms with Gasteiger partial charge in [-0.15, -0.1) is 0 Å². The van der Waals surface area contributed by atoms with Crippen LogP contribution >= 0.6 is 0 Å². The van der Waals surface area contributed by atoms with Crippen LogP contribution in [-0.2, 0) is 50.1 Å². The van der Waals surface area contributed by atoms with Gasteiger partial charge >= 0.3 is 0 Å². The van der Waals surface area contributed by atoms with Gasteiger partial charge in [-0.05, 0) is 22.3 Å². The van der Waals surface area contributed by atoms with Gasteiger partial charge in [-0.3, -0.25) is 0 Å². The van der Waals surface area contributed by atoms with Crippen LogP contribution in [0.15, 0.2) is 121 Å². The summed E-state index contributed by atoms with van der Waals surface area (Å²) in [6.45, 7) is 1.13. The first-order chi connectivity index (χ1) is 19.8. The number of benzene rings is 4. The van der Waals surface area contributed by atoms with Gasteiger partial charge in [0.05, 0.1) is 33.0 Å². The Morgan fingerprint density at radius 1 is 0.450 bits per heavy atom.